The number of benzene rings is 2. The Hall–Kier alpha value is -2.11. The van der Waals surface area contributed by atoms with Gasteiger partial charge in [0.1, 0.15) is 0 Å². The van der Waals surface area contributed by atoms with E-state index in [1.807, 2.05) is 54.6 Å². The molecule has 0 fully saturated rings. The van der Waals surface area contributed by atoms with Crippen molar-refractivity contribution < 1.29 is 0 Å². The summed E-state index contributed by atoms with van der Waals surface area (Å²) in [5.41, 5.74) is 3.10. The van der Waals surface area contributed by atoms with Gasteiger partial charge in [-0.3, -0.25) is 0 Å². The first-order valence-corrected chi connectivity index (χ1v) is 8.16. The number of hydrogen-bond acceptors (Lipinski definition) is 3. The molecule has 23 heavy (non-hydrogen) atoms. The van der Waals surface area contributed by atoms with Crippen molar-refractivity contribution in [3.8, 4) is 0 Å². The molecule has 0 saturated carbocycles. The van der Waals surface area contributed by atoms with Crippen molar-refractivity contribution in [2.45, 2.75) is 6.42 Å². The predicted octanol–water partition coefficient (Wildman–Crippen LogP) is 3.67. The Bertz CT molecular complexity index is 596. The number of hydrogen-bond donors (Lipinski definition) is 3. The molecule has 0 radical (unpaired) electrons. The van der Waals surface area contributed by atoms with Gasteiger partial charge in [0, 0.05) is 23.6 Å². The first-order chi connectivity index (χ1) is 11.1. The van der Waals surface area contributed by atoms with Gasteiger partial charge in [-0.15, -0.1) is 0 Å². The van der Waals surface area contributed by atoms with Crippen molar-refractivity contribution in [2.24, 2.45) is 0 Å². The van der Waals surface area contributed by atoms with E-state index in [1.165, 1.54) is 0 Å². The predicted molar refractivity (Wildman–Crippen MR) is 104 cm³/mol. The summed E-state index contributed by atoms with van der Waals surface area (Å²) in [5, 5.41) is 10.4. The van der Waals surface area contributed by atoms with E-state index >= 15 is 0 Å². The van der Waals surface area contributed by atoms with Gasteiger partial charge in [-0.05, 0) is 75.7 Å². The van der Waals surface area contributed by atoms with E-state index in [1.54, 1.807) is 0 Å². The monoisotopic (exact) mass is 328 g/mol. The van der Waals surface area contributed by atoms with Crippen molar-refractivity contribution >= 4 is 34.4 Å². The van der Waals surface area contributed by atoms with Gasteiger partial charge in [-0.25, -0.2) is 0 Å². The van der Waals surface area contributed by atoms with Crippen LogP contribution in [0.3, 0.4) is 0 Å². The first-order valence-electron chi connectivity index (χ1n) is 7.75. The van der Waals surface area contributed by atoms with Gasteiger partial charge in [0.05, 0.1) is 0 Å². The van der Waals surface area contributed by atoms with E-state index in [4.69, 9.17) is 12.2 Å². The van der Waals surface area contributed by atoms with Crippen molar-refractivity contribution in [3.63, 3.8) is 0 Å². The van der Waals surface area contributed by atoms with Crippen LogP contribution in [0.5, 0.6) is 0 Å². The largest absolute Gasteiger partial charge is 0.362 e. The number of rotatable bonds is 7. The van der Waals surface area contributed by atoms with Crippen molar-refractivity contribution in [2.75, 3.05) is 37.8 Å². The van der Waals surface area contributed by atoms with Crippen molar-refractivity contribution in [1.82, 2.24) is 10.2 Å². The molecule has 3 N–H and O–H groups in total. The maximum atomic E-state index is 5.30. The molecule has 0 amide bonds. The molecule has 0 unspecified atom stereocenters. The minimum absolute atomic E-state index is 0.660. The molecule has 122 valence electrons. The van der Waals surface area contributed by atoms with Crippen LogP contribution in [0.1, 0.15) is 6.42 Å². The van der Waals surface area contributed by atoms with E-state index in [0.29, 0.717) is 5.11 Å². The molecule has 0 atom stereocenters. The van der Waals surface area contributed by atoms with Gasteiger partial charge in [0.15, 0.2) is 5.11 Å². The normalized spacial score (nSPS) is 10.4. The number of nitrogens with zero attached hydrogens (tertiary/aromatic N) is 1. The fraction of sp³-hybridized carbons (Fsp3) is 0.278. The first kappa shape index (κ1) is 17.2. The highest BCUT2D eigenvalue weighted by atomic mass is 32.1. The second-order valence-corrected chi connectivity index (χ2v) is 6.01. The molecule has 0 aromatic heterocycles. The summed E-state index contributed by atoms with van der Waals surface area (Å²) in [6.07, 6.45) is 1.06. The molecule has 0 aliphatic carbocycles. The number of nitrogens with one attached hydrogen (secondary N) is 3. The Morgan fingerprint density at radius 3 is 2.17 bits per heavy atom. The summed E-state index contributed by atoms with van der Waals surface area (Å²) in [7, 11) is 4.14. The van der Waals surface area contributed by atoms with Gasteiger partial charge in [-0.1, -0.05) is 18.2 Å². The van der Waals surface area contributed by atoms with Gasteiger partial charge < -0.3 is 20.9 Å². The fourth-order valence-corrected chi connectivity index (χ4v) is 2.32. The summed E-state index contributed by atoms with van der Waals surface area (Å²) in [4.78, 5) is 2.16. The Balaban J connectivity index is 1.77. The van der Waals surface area contributed by atoms with Crippen molar-refractivity contribution in [1.29, 1.82) is 0 Å². The van der Waals surface area contributed by atoms with Gasteiger partial charge in [0.25, 0.3) is 0 Å². The quantitative estimate of drug-likeness (QED) is 0.534. The molecule has 5 heteroatoms. The van der Waals surface area contributed by atoms with E-state index < -0.39 is 0 Å². The van der Waals surface area contributed by atoms with Crippen LogP contribution in [0.25, 0.3) is 0 Å². The Kier molecular flexibility index (Phi) is 6.84. The topological polar surface area (TPSA) is 39.3 Å². The highest BCUT2D eigenvalue weighted by Gasteiger charge is 1.99. The van der Waals surface area contributed by atoms with Gasteiger partial charge >= 0.3 is 0 Å². The summed E-state index contributed by atoms with van der Waals surface area (Å²) in [6.45, 7) is 1.92. The van der Waals surface area contributed by atoms with Crippen LogP contribution in [0.2, 0.25) is 0 Å². The molecule has 2 rings (SSSR count). The van der Waals surface area contributed by atoms with Crippen LogP contribution >= 0.6 is 12.2 Å². The van der Waals surface area contributed by atoms with Crippen LogP contribution in [-0.2, 0) is 0 Å². The number of thiocarbonyl (C=S) groups is 1. The summed E-state index contributed by atoms with van der Waals surface area (Å²) >= 11 is 5.30. The van der Waals surface area contributed by atoms with Crippen LogP contribution in [0, 0.1) is 0 Å². The third-order valence-electron chi connectivity index (χ3n) is 3.27. The van der Waals surface area contributed by atoms with E-state index in [2.05, 4.69) is 34.9 Å². The Morgan fingerprint density at radius 1 is 0.913 bits per heavy atom. The molecule has 0 saturated heterocycles. The molecule has 0 aliphatic heterocycles. The van der Waals surface area contributed by atoms with Crippen LogP contribution < -0.4 is 16.0 Å². The third-order valence-corrected chi connectivity index (χ3v) is 3.52. The summed E-state index contributed by atoms with van der Waals surface area (Å²) in [5.74, 6) is 0. The molecule has 0 bridgehead atoms. The molecule has 4 nitrogen and oxygen atoms in total. The van der Waals surface area contributed by atoms with E-state index in [-0.39, 0.29) is 0 Å². The minimum Gasteiger partial charge on any atom is -0.362 e. The average Bonchev–Trinajstić information content (AvgIpc) is 2.54. The Morgan fingerprint density at radius 2 is 1.52 bits per heavy atom. The average molecular weight is 328 g/mol. The smallest absolute Gasteiger partial charge is 0.170 e. The highest BCUT2D eigenvalue weighted by Crippen LogP contribution is 2.18. The second kappa shape index (κ2) is 9.12. The van der Waals surface area contributed by atoms with Crippen LogP contribution in [-0.4, -0.2) is 37.2 Å². The number of anilines is 3. The lowest BCUT2D eigenvalue weighted by atomic mass is 10.2. The minimum atomic E-state index is 0.660. The maximum absolute atomic E-state index is 5.30. The molecule has 2 aromatic carbocycles. The summed E-state index contributed by atoms with van der Waals surface area (Å²) < 4.78 is 0. The fourth-order valence-electron chi connectivity index (χ4n) is 2.10. The van der Waals surface area contributed by atoms with Crippen LogP contribution in [0.4, 0.5) is 17.1 Å². The third kappa shape index (κ3) is 6.67. The van der Waals surface area contributed by atoms with E-state index in [9.17, 15) is 0 Å². The molecule has 0 spiro atoms. The lowest BCUT2D eigenvalue weighted by Gasteiger charge is -2.13. The SMILES string of the molecule is CN(C)CCCNC(=S)Nc1ccc(Nc2ccccc2)cc1. The lowest BCUT2D eigenvalue weighted by molar-refractivity contribution is 0.400. The molecule has 0 aliphatic rings. The molecule has 0 heterocycles. The second-order valence-electron chi connectivity index (χ2n) is 5.61. The molecule has 2 aromatic rings. The standard InChI is InChI=1S/C18H24N4S/c1-22(2)14-6-13-19-18(23)21-17-11-9-16(10-12-17)20-15-7-4-3-5-8-15/h3-5,7-12,20H,6,13-14H2,1-2H3,(H2,19,21,23). The van der Waals surface area contributed by atoms with Crippen LogP contribution in [0.15, 0.2) is 54.6 Å². The zero-order valence-corrected chi connectivity index (χ0v) is 14.5. The molecular weight excluding hydrogens is 304 g/mol. The van der Waals surface area contributed by atoms with Gasteiger partial charge in [0.2, 0.25) is 0 Å². The molecular formula is C18H24N4S. The van der Waals surface area contributed by atoms with Gasteiger partial charge in [-0.2, -0.15) is 0 Å². The highest BCUT2D eigenvalue weighted by molar-refractivity contribution is 7.80. The number of para-hydroxylation sites is 1. The zero-order valence-electron chi connectivity index (χ0n) is 13.7. The zero-order chi connectivity index (χ0) is 16.5. The maximum Gasteiger partial charge on any atom is 0.170 e. The summed E-state index contributed by atoms with van der Waals surface area (Å²) in [6, 6.07) is 18.2. The van der Waals surface area contributed by atoms with Crippen molar-refractivity contribution in [3.05, 3.63) is 54.6 Å². The Labute approximate surface area is 143 Å². The van der Waals surface area contributed by atoms with E-state index in [0.717, 1.165) is 36.6 Å². The lowest BCUT2D eigenvalue weighted by Crippen LogP contribution is -2.30.